The van der Waals surface area contributed by atoms with E-state index < -0.39 is 41.5 Å². The first-order valence-electron chi connectivity index (χ1n) is 8.34. The van der Waals surface area contributed by atoms with Gasteiger partial charge >= 0.3 is 0 Å². The van der Waals surface area contributed by atoms with Gasteiger partial charge in [0.15, 0.2) is 23.1 Å². The van der Waals surface area contributed by atoms with Crippen molar-refractivity contribution in [2.24, 2.45) is 0 Å². The number of halogens is 5. The van der Waals surface area contributed by atoms with Gasteiger partial charge in [-0.1, -0.05) is 11.6 Å². The molecule has 0 bridgehead atoms. The second-order valence-corrected chi connectivity index (χ2v) is 6.22. The smallest absolute Gasteiger partial charge is 0.287 e. The van der Waals surface area contributed by atoms with Crippen molar-refractivity contribution in [1.82, 2.24) is 15.1 Å². The van der Waals surface area contributed by atoms with Crippen LogP contribution in [0.5, 0.6) is 5.75 Å². The monoisotopic (exact) mass is 431 g/mol. The number of carbonyl (C=O) groups is 1. The number of rotatable bonds is 7. The Morgan fingerprint density at radius 3 is 2.55 bits per heavy atom. The molecule has 1 aromatic carbocycles. The molecule has 0 atom stereocenters. The lowest BCUT2D eigenvalue weighted by Gasteiger charge is -2.08. The van der Waals surface area contributed by atoms with Crippen LogP contribution in [0.25, 0.3) is 0 Å². The average molecular weight is 432 g/mol. The summed E-state index contributed by atoms with van der Waals surface area (Å²) in [5.41, 5.74) is 0.469. The summed E-state index contributed by atoms with van der Waals surface area (Å²) in [7, 11) is 0. The van der Waals surface area contributed by atoms with Crippen LogP contribution in [0, 0.1) is 23.3 Å². The van der Waals surface area contributed by atoms with E-state index in [0.29, 0.717) is 17.3 Å². The van der Waals surface area contributed by atoms with E-state index in [1.54, 1.807) is 10.9 Å². The van der Waals surface area contributed by atoms with Crippen LogP contribution in [0.4, 0.5) is 17.6 Å². The first-order valence-corrected chi connectivity index (χ1v) is 8.72. The molecule has 29 heavy (non-hydrogen) atoms. The Bertz CT molecular complexity index is 1030. The number of aryl methyl sites for hydroxylation is 1. The highest BCUT2D eigenvalue weighted by atomic mass is 35.5. The fourth-order valence-corrected chi connectivity index (χ4v) is 2.59. The van der Waals surface area contributed by atoms with Crippen molar-refractivity contribution in [3.63, 3.8) is 0 Å². The van der Waals surface area contributed by atoms with Gasteiger partial charge in [0.2, 0.25) is 11.6 Å². The van der Waals surface area contributed by atoms with Gasteiger partial charge in [-0.25, -0.2) is 8.78 Å². The Morgan fingerprint density at radius 2 is 1.93 bits per heavy atom. The summed E-state index contributed by atoms with van der Waals surface area (Å²) >= 11 is 6.02. The Balaban J connectivity index is 1.62. The predicted molar refractivity (Wildman–Crippen MR) is 93.4 cm³/mol. The molecule has 1 amide bonds. The standard InChI is InChI=1S/C18H14ClF4N3O3/c1-2-26-7-10(19)13(25-26)6-24-18(27)14-4-3-9(29-14)8-28-17-15(22)11(20)5-12(21)16(17)23/h3-5,7H,2,6,8H2,1H3,(H,24,27). The maximum absolute atomic E-state index is 13.6. The minimum absolute atomic E-state index is 0.00640. The Labute approximate surface area is 167 Å². The van der Waals surface area contributed by atoms with Gasteiger partial charge in [0.05, 0.1) is 11.6 Å². The maximum Gasteiger partial charge on any atom is 0.287 e. The summed E-state index contributed by atoms with van der Waals surface area (Å²) < 4.78 is 65.1. The van der Waals surface area contributed by atoms with Crippen LogP contribution < -0.4 is 10.1 Å². The molecule has 3 rings (SSSR count). The van der Waals surface area contributed by atoms with Crippen LogP contribution in [-0.4, -0.2) is 15.7 Å². The molecule has 0 aliphatic carbocycles. The predicted octanol–water partition coefficient (Wildman–Crippen LogP) is 4.21. The van der Waals surface area contributed by atoms with Gasteiger partial charge in [0.25, 0.3) is 5.91 Å². The van der Waals surface area contributed by atoms with Gasteiger partial charge in [-0.15, -0.1) is 0 Å². The summed E-state index contributed by atoms with van der Waals surface area (Å²) in [6.45, 7) is 1.99. The molecule has 1 N–H and O–H groups in total. The average Bonchev–Trinajstić information content (AvgIpc) is 3.31. The third-order valence-corrected chi connectivity index (χ3v) is 4.16. The molecule has 6 nitrogen and oxygen atoms in total. The molecule has 0 aliphatic heterocycles. The number of ether oxygens (including phenoxy) is 1. The van der Waals surface area contributed by atoms with Gasteiger partial charge in [-0.3, -0.25) is 9.48 Å². The molecule has 0 saturated heterocycles. The molecule has 2 heterocycles. The van der Waals surface area contributed by atoms with Gasteiger partial charge < -0.3 is 14.5 Å². The van der Waals surface area contributed by atoms with E-state index in [1.807, 2.05) is 6.92 Å². The molecule has 2 aromatic heterocycles. The fraction of sp³-hybridized carbons (Fsp3) is 0.222. The summed E-state index contributed by atoms with van der Waals surface area (Å²) in [6, 6.07) is 2.70. The molecule has 0 unspecified atom stereocenters. The second kappa shape index (κ2) is 8.56. The molecule has 0 spiro atoms. The summed E-state index contributed by atoms with van der Waals surface area (Å²) in [5, 5.41) is 7.14. The Morgan fingerprint density at radius 1 is 1.24 bits per heavy atom. The zero-order chi connectivity index (χ0) is 21.1. The molecule has 11 heteroatoms. The molecule has 0 radical (unpaired) electrons. The van der Waals surface area contributed by atoms with E-state index in [0.717, 1.165) is 0 Å². The normalized spacial score (nSPS) is 11.0. The van der Waals surface area contributed by atoms with Crippen molar-refractivity contribution in [2.45, 2.75) is 26.6 Å². The highest BCUT2D eigenvalue weighted by molar-refractivity contribution is 6.31. The zero-order valence-corrected chi connectivity index (χ0v) is 15.7. The fourth-order valence-electron chi connectivity index (χ4n) is 2.37. The van der Waals surface area contributed by atoms with E-state index in [4.69, 9.17) is 20.8 Å². The number of hydrogen-bond donors (Lipinski definition) is 1. The van der Waals surface area contributed by atoms with E-state index in [9.17, 15) is 22.4 Å². The van der Waals surface area contributed by atoms with Crippen LogP contribution >= 0.6 is 11.6 Å². The van der Waals surface area contributed by atoms with Gasteiger partial charge in [-0.05, 0) is 19.1 Å². The lowest BCUT2D eigenvalue weighted by Crippen LogP contribution is -2.22. The molecule has 154 valence electrons. The molecule has 0 fully saturated rings. The van der Waals surface area contributed by atoms with Crippen molar-refractivity contribution < 1.29 is 31.5 Å². The number of benzene rings is 1. The second-order valence-electron chi connectivity index (χ2n) is 5.81. The van der Waals surface area contributed by atoms with E-state index in [2.05, 4.69) is 10.4 Å². The molecule has 0 aliphatic rings. The minimum Gasteiger partial charge on any atom is -0.479 e. The highest BCUT2D eigenvalue weighted by Gasteiger charge is 2.21. The zero-order valence-electron chi connectivity index (χ0n) is 14.9. The number of amides is 1. The molecule has 3 aromatic rings. The van der Waals surface area contributed by atoms with Crippen LogP contribution in [0.2, 0.25) is 5.02 Å². The quantitative estimate of drug-likeness (QED) is 0.449. The Kier molecular flexibility index (Phi) is 6.12. The van der Waals surface area contributed by atoms with Crippen molar-refractivity contribution in [3.05, 3.63) is 69.9 Å². The maximum atomic E-state index is 13.6. The van der Waals surface area contributed by atoms with Crippen molar-refractivity contribution in [3.8, 4) is 5.75 Å². The van der Waals surface area contributed by atoms with Crippen molar-refractivity contribution in [2.75, 3.05) is 0 Å². The third kappa shape index (κ3) is 4.53. The summed E-state index contributed by atoms with van der Waals surface area (Å²) in [5.74, 6) is -8.44. The largest absolute Gasteiger partial charge is 0.479 e. The van der Waals surface area contributed by atoms with Crippen molar-refractivity contribution >= 4 is 17.5 Å². The number of nitrogens with one attached hydrogen (secondary N) is 1. The number of furan rings is 1. The first-order chi connectivity index (χ1) is 13.8. The van der Waals surface area contributed by atoms with Crippen molar-refractivity contribution in [1.29, 1.82) is 0 Å². The lowest BCUT2D eigenvalue weighted by atomic mass is 10.3. The molecule has 0 saturated carbocycles. The topological polar surface area (TPSA) is 69.3 Å². The minimum atomic E-state index is -1.67. The number of carbonyl (C=O) groups excluding carboxylic acids is 1. The summed E-state index contributed by atoms with van der Waals surface area (Å²) in [4.78, 5) is 12.1. The van der Waals surface area contributed by atoms with Crippen LogP contribution in [0.3, 0.4) is 0 Å². The van der Waals surface area contributed by atoms with Crippen LogP contribution in [-0.2, 0) is 19.7 Å². The van der Waals surface area contributed by atoms with Gasteiger partial charge in [0, 0.05) is 18.8 Å². The summed E-state index contributed by atoms with van der Waals surface area (Å²) in [6.07, 6.45) is 1.62. The SMILES string of the molecule is CCn1cc(Cl)c(CNC(=O)c2ccc(COc3c(F)c(F)cc(F)c3F)o2)n1. The Hall–Kier alpha value is -3.01. The molecular weight excluding hydrogens is 418 g/mol. The number of hydrogen-bond acceptors (Lipinski definition) is 4. The number of nitrogens with zero attached hydrogens (tertiary/aromatic N) is 2. The van der Waals surface area contributed by atoms with Crippen LogP contribution in [0.1, 0.15) is 28.9 Å². The van der Waals surface area contributed by atoms with Gasteiger partial charge in [0.1, 0.15) is 18.1 Å². The van der Waals surface area contributed by atoms with Crippen LogP contribution in [0.15, 0.2) is 28.8 Å². The molecular formula is C18H14ClF4N3O3. The van der Waals surface area contributed by atoms with Gasteiger partial charge in [-0.2, -0.15) is 13.9 Å². The lowest BCUT2D eigenvalue weighted by molar-refractivity contribution is 0.0918. The third-order valence-electron chi connectivity index (χ3n) is 3.84. The highest BCUT2D eigenvalue weighted by Crippen LogP contribution is 2.27. The first kappa shape index (κ1) is 20.7. The number of aromatic nitrogens is 2. The van der Waals surface area contributed by atoms with E-state index >= 15 is 0 Å². The van der Waals surface area contributed by atoms with E-state index in [-0.39, 0.29) is 24.1 Å². The van der Waals surface area contributed by atoms with E-state index in [1.165, 1.54) is 12.1 Å².